The number of hydrogen-bond acceptors (Lipinski definition) is 3. The number of rotatable bonds is 5. The first-order chi connectivity index (χ1) is 8.78. The summed E-state index contributed by atoms with van der Waals surface area (Å²) >= 11 is 1.65. The minimum Gasteiger partial charge on any atom is -0.458 e. The Labute approximate surface area is 110 Å². The minimum absolute atomic E-state index is 0.276. The zero-order valence-corrected chi connectivity index (χ0v) is 10.6. The molecule has 1 aromatic carbocycles. The smallest absolute Gasteiger partial charge is 0.330 e. The summed E-state index contributed by atoms with van der Waals surface area (Å²) in [4.78, 5) is 15.2. The highest BCUT2D eigenvalue weighted by molar-refractivity contribution is 7.99. The standard InChI is InChI=1S/C14H13NO2S/c1-2-14(16)17-10-11-5-7-12(8-6-11)18-13-4-3-9-15-13/h2-9,15H,1,10H2. The number of carbonyl (C=O) groups is 1. The highest BCUT2D eigenvalue weighted by Gasteiger charge is 2.00. The molecule has 0 amide bonds. The second-order valence-corrected chi connectivity index (χ2v) is 4.71. The Morgan fingerprint density at radius 1 is 1.33 bits per heavy atom. The first kappa shape index (κ1) is 12.5. The van der Waals surface area contributed by atoms with Crippen molar-refractivity contribution in [2.24, 2.45) is 0 Å². The average molecular weight is 259 g/mol. The van der Waals surface area contributed by atoms with Gasteiger partial charge in [0.25, 0.3) is 0 Å². The molecule has 18 heavy (non-hydrogen) atoms. The first-order valence-corrected chi connectivity index (χ1v) is 6.29. The van der Waals surface area contributed by atoms with Gasteiger partial charge in [-0.1, -0.05) is 30.5 Å². The zero-order chi connectivity index (χ0) is 12.8. The maximum atomic E-state index is 10.9. The van der Waals surface area contributed by atoms with Crippen LogP contribution in [0.3, 0.4) is 0 Å². The highest BCUT2D eigenvalue weighted by atomic mass is 32.2. The molecule has 0 atom stereocenters. The largest absolute Gasteiger partial charge is 0.458 e. The van der Waals surface area contributed by atoms with Crippen LogP contribution in [0, 0.1) is 0 Å². The van der Waals surface area contributed by atoms with E-state index in [-0.39, 0.29) is 6.61 Å². The van der Waals surface area contributed by atoms with Crippen molar-refractivity contribution in [2.75, 3.05) is 0 Å². The van der Waals surface area contributed by atoms with Crippen molar-refractivity contribution < 1.29 is 9.53 Å². The molecule has 2 aromatic rings. The number of hydrogen-bond donors (Lipinski definition) is 1. The van der Waals surface area contributed by atoms with E-state index in [9.17, 15) is 4.79 Å². The van der Waals surface area contributed by atoms with E-state index < -0.39 is 5.97 Å². The number of aromatic nitrogens is 1. The summed E-state index contributed by atoms with van der Waals surface area (Å²) in [5, 5.41) is 1.10. The summed E-state index contributed by atoms with van der Waals surface area (Å²) in [6, 6.07) is 11.9. The highest BCUT2D eigenvalue weighted by Crippen LogP contribution is 2.26. The fourth-order valence-electron chi connectivity index (χ4n) is 1.37. The SMILES string of the molecule is C=CC(=O)OCc1ccc(Sc2ccc[nH]2)cc1. The summed E-state index contributed by atoms with van der Waals surface area (Å²) in [6.45, 7) is 3.62. The van der Waals surface area contributed by atoms with Crippen molar-refractivity contribution in [1.29, 1.82) is 0 Å². The van der Waals surface area contributed by atoms with Gasteiger partial charge in [0, 0.05) is 17.2 Å². The van der Waals surface area contributed by atoms with Gasteiger partial charge in [-0.05, 0) is 29.8 Å². The fourth-order valence-corrected chi connectivity index (χ4v) is 2.17. The van der Waals surface area contributed by atoms with Crippen molar-refractivity contribution in [3.05, 3.63) is 60.8 Å². The van der Waals surface area contributed by atoms with Crippen molar-refractivity contribution in [2.45, 2.75) is 16.5 Å². The van der Waals surface area contributed by atoms with E-state index in [1.54, 1.807) is 11.8 Å². The van der Waals surface area contributed by atoms with Gasteiger partial charge in [0.1, 0.15) is 6.61 Å². The molecule has 4 heteroatoms. The van der Waals surface area contributed by atoms with Crippen LogP contribution in [0.1, 0.15) is 5.56 Å². The van der Waals surface area contributed by atoms with E-state index in [0.29, 0.717) is 0 Å². The number of nitrogens with one attached hydrogen (secondary N) is 1. The normalized spacial score (nSPS) is 10.0. The van der Waals surface area contributed by atoms with Gasteiger partial charge in [-0.15, -0.1) is 0 Å². The molecule has 2 rings (SSSR count). The van der Waals surface area contributed by atoms with Crippen LogP contribution >= 0.6 is 11.8 Å². The Hall–Kier alpha value is -1.94. The van der Waals surface area contributed by atoms with Crippen molar-refractivity contribution >= 4 is 17.7 Å². The number of carbonyl (C=O) groups excluding carboxylic acids is 1. The van der Waals surface area contributed by atoms with Gasteiger partial charge in [-0.3, -0.25) is 0 Å². The lowest BCUT2D eigenvalue weighted by Gasteiger charge is -2.03. The Morgan fingerprint density at radius 2 is 2.11 bits per heavy atom. The summed E-state index contributed by atoms with van der Waals surface area (Å²) in [7, 11) is 0. The van der Waals surface area contributed by atoms with Gasteiger partial charge in [0.2, 0.25) is 0 Å². The van der Waals surface area contributed by atoms with E-state index >= 15 is 0 Å². The predicted molar refractivity (Wildman–Crippen MR) is 71.4 cm³/mol. The van der Waals surface area contributed by atoms with Crippen LogP contribution in [-0.2, 0) is 16.1 Å². The van der Waals surface area contributed by atoms with Gasteiger partial charge in [-0.2, -0.15) is 0 Å². The molecule has 0 spiro atoms. The van der Waals surface area contributed by atoms with Crippen LogP contribution in [0.2, 0.25) is 0 Å². The second kappa shape index (κ2) is 6.12. The maximum Gasteiger partial charge on any atom is 0.330 e. The molecule has 0 aliphatic carbocycles. The van der Waals surface area contributed by atoms with E-state index in [1.165, 1.54) is 0 Å². The zero-order valence-electron chi connectivity index (χ0n) is 9.76. The van der Waals surface area contributed by atoms with E-state index in [1.807, 2.05) is 42.6 Å². The van der Waals surface area contributed by atoms with Crippen molar-refractivity contribution in [3.8, 4) is 0 Å². The van der Waals surface area contributed by atoms with Crippen LogP contribution in [0.25, 0.3) is 0 Å². The Morgan fingerprint density at radius 3 is 2.72 bits per heavy atom. The molecule has 1 N–H and O–H groups in total. The maximum absolute atomic E-state index is 10.9. The molecule has 3 nitrogen and oxygen atoms in total. The topological polar surface area (TPSA) is 42.1 Å². The van der Waals surface area contributed by atoms with Gasteiger partial charge >= 0.3 is 5.97 Å². The molecular formula is C14H13NO2S. The Balaban J connectivity index is 1.93. The van der Waals surface area contributed by atoms with Crippen molar-refractivity contribution in [1.82, 2.24) is 4.98 Å². The number of H-pyrrole nitrogens is 1. The van der Waals surface area contributed by atoms with E-state index in [4.69, 9.17) is 4.74 Å². The van der Waals surface area contributed by atoms with Crippen molar-refractivity contribution in [3.63, 3.8) is 0 Å². The van der Waals surface area contributed by atoms with E-state index in [2.05, 4.69) is 11.6 Å². The Kier molecular flexibility index (Phi) is 4.25. The lowest BCUT2D eigenvalue weighted by atomic mass is 10.2. The van der Waals surface area contributed by atoms with Gasteiger partial charge in [0.15, 0.2) is 0 Å². The number of aromatic amines is 1. The summed E-state index contributed by atoms with van der Waals surface area (Å²) in [6.07, 6.45) is 3.06. The quantitative estimate of drug-likeness (QED) is 0.661. The third-order valence-electron chi connectivity index (χ3n) is 2.27. The molecule has 0 aliphatic heterocycles. The Bertz CT molecular complexity index is 517. The van der Waals surface area contributed by atoms with Crippen LogP contribution in [0.5, 0.6) is 0 Å². The molecule has 0 saturated heterocycles. The van der Waals surface area contributed by atoms with Crippen LogP contribution < -0.4 is 0 Å². The lowest BCUT2D eigenvalue weighted by molar-refractivity contribution is -0.138. The second-order valence-electron chi connectivity index (χ2n) is 3.59. The summed E-state index contributed by atoms with van der Waals surface area (Å²) in [5.74, 6) is -0.403. The fraction of sp³-hybridized carbons (Fsp3) is 0.0714. The number of ether oxygens (including phenoxy) is 1. The molecular weight excluding hydrogens is 246 g/mol. The van der Waals surface area contributed by atoms with Gasteiger partial charge < -0.3 is 9.72 Å². The molecule has 0 saturated carbocycles. The lowest BCUT2D eigenvalue weighted by Crippen LogP contribution is -1.99. The van der Waals surface area contributed by atoms with Crippen LogP contribution in [0.4, 0.5) is 0 Å². The van der Waals surface area contributed by atoms with Gasteiger partial charge in [0.05, 0.1) is 5.03 Å². The summed E-state index contributed by atoms with van der Waals surface area (Å²) < 4.78 is 4.95. The monoisotopic (exact) mass is 259 g/mol. The molecule has 92 valence electrons. The minimum atomic E-state index is -0.403. The van der Waals surface area contributed by atoms with Crippen LogP contribution in [-0.4, -0.2) is 11.0 Å². The van der Waals surface area contributed by atoms with Crippen LogP contribution in [0.15, 0.2) is 65.2 Å². The molecule has 0 fully saturated rings. The number of benzene rings is 1. The molecule has 1 aromatic heterocycles. The third kappa shape index (κ3) is 3.53. The van der Waals surface area contributed by atoms with E-state index in [0.717, 1.165) is 21.6 Å². The first-order valence-electron chi connectivity index (χ1n) is 5.47. The molecule has 0 unspecified atom stereocenters. The molecule has 0 bridgehead atoms. The summed E-state index contributed by atoms with van der Waals surface area (Å²) in [5.41, 5.74) is 0.959. The predicted octanol–water partition coefficient (Wildman–Crippen LogP) is 3.40. The third-order valence-corrected chi connectivity index (χ3v) is 3.25. The van der Waals surface area contributed by atoms with Gasteiger partial charge in [-0.25, -0.2) is 4.79 Å². The molecule has 1 heterocycles. The number of esters is 1. The molecule has 0 radical (unpaired) electrons. The molecule has 0 aliphatic rings. The average Bonchev–Trinajstić information content (AvgIpc) is 2.90.